The topological polar surface area (TPSA) is 21.3 Å². The minimum Gasteiger partial charge on any atom is -0.311 e. The smallest absolute Gasteiger partial charge is 0.311 e. The van der Waals surface area contributed by atoms with Gasteiger partial charge in [-0.05, 0) is 13.0 Å². The number of alkyl halides is 5. The summed E-state index contributed by atoms with van der Waals surface area (Å²) in [6, 6.07) is 0. The SMILES string of the molecule is Cl.FC(F)(F)OC1CCNCC1(F)F. The van der Waals surface area contributed by atoms with Crippen molar-refractivity contribution in [1.29, 1.82) is 0 Å². The maximum absolute atomic E-state index is 12.7. The summed E-state index contributed by atoms with van der Waals surface area (Å²) in [6.07, 6.45) is -7.40. The molecule has 0 radical (unpaired) electrons. The summed E-state index contributed by atoms with van der Waals surface area (Å²) in [7, 11) is 0. The lowest BCUT2D eigenvalue weighted by atomic mass is 10.1. The van der Waals surface area contributed by atoms with Gasteiger partial charge in [0.1, 0.15) is 6.10 Å². The van der Waals surface area contributed by atoms with Gasteiger partial charge in [0, 0.05) is 0 Å². The number of ether oxygens (including phenoxy) is 1. The highest BCUT2D eigenvalue weighted by Crippen LogP contribution is 2.31. The van der Waals surface area contributed by atoms with E-state index in [4.69, 9.17) is 0 Å². The zero-order chi connectivity index (χ0) is 10.1. The highest BCUT2D eigenvalue weighted by molar-refractivity contribution is 5.85. The van der Waals surface area contributed by atoms with Crippen molar-refractivity contribution in [2.24, 2.45) is 0 Å². The third-order valence-electron chi connectivity index (χ3n) is 1.69. The number of nitrogens with one attached hydrogen (secondary N) is 1. The molecule has 8 heteroatoms. The summed E-state index contributed by atoms with van der Waals surface area (Å²) in [5, 5.41) is 2.29. The zero-order valence-corrected chi connectivity index (χ0v) is 7.72. The van der Waals surface area contributed by atoms with E-state index in [0.717, 1.165) is 0 Å². The van der Waals surface area contributed by atoms with Crippen molar-refractivity contribution in [3.05, 3.63) is 0 Å². The third kappa shape index (κ3) is 3.93. The molecule has 1 aliphatic heterocycles. The lowest BCUT2D eigenvalue weighted by molar-refractivity contribution is -0.367. The van der Waals surface area contributed by atoms with Crippen LogP contribution in [0.3, 0.4) is 0 Å². The molecule has 1 heterocycles. The van der Waals surface area contributed by atoms with Gasteiger partial charge in [-0.2, -0.15) is 0 Å². The quantitative estimate of drug-likeness (QED) is 0.709. The number of rotatable bonds is 1. The van der Waals surface area contributed by atoms with Crippen molar-refractivity contribution >= 4 is 12.4 Å². The molecule has 1 atom stereocenters. The van der Waals surface area contributed by atoms with Crippen LogP contribution in [0.2, 0.25) is 0 Å². The summed E-state index contributed by atoms with van der Waals surface area (Å²) in [5.74, 6) is -3.45. The first kappa shape index (κ1) is 13.9. The Morgan fingerprint density at radius 2 is 1.86 bits per heavy atom. The summed E-state index contributed by atoms with van der Waals surface area (Å²) in [4.78, 5) is 0. The predicted molar refractivity (Wildman–Crippen MR) is 40.6 cm³/mol. The van der Waals surface area contributed by atoms with Gasteiger partial charge in [0.05, 0.1) is 6.54 Å². The fourth-order valence-corrected chi connectivity index (χ4v) is 1.12. The van der Waals surface area contributed by atoms with Gasteiger partial charge < -0.3 is 5.32 Å². The average molecular weight is 242 g/mol. The van der Waals surface area contributed by atoms with Crippen molar-refractivity contribution < 1.29 is 26.7 Å². The van der Waals surface area contributed by atoms with Gasteiger partial charge in [0.25, 0.3) is 5.92 Å². The molecule has 0 aliphatic carbocycles. The van der Waals surface area contributed by atoms with Crippen molar-refractivity contribution in [2.75, 3.05) is 13.1 Å². The number of piperidine rings is 1. The van der Waals surface area contributed by atoms with Crippen LogP contribution in [0.15, 0.2) is 0 Å². The van der Waals surface area contributed by atoms with Gasteiger partial charge in [0.2, 0.25) is 0 Å². The molecule has 0 bridgehead atoms. The normalized spacial score (nSPS) is 26.8. The van der Waals surface area contributed by atoms with E-state index in [2.05, 4.69) is 10.1 Å². The van der Waals surface area contributed by atoms with E-state index < -0.39 is 24.9 Å². The lowest BCUT2D eigenvalue weighted by Crippen LogP contribution is -2.52. The Hall–Kier alpha value is -0.140. The molecule has 1 unspecified atom stereocenters. The van der Waals surface area contributed by atoms with E-state index in [9.17, 15) is 22.0 Å². The van der Waals surface area contributed by atoms with Gasteiger partial charge in [-0.15, -0.1) is 25.6 Å². The van der Waals surface area contributed by atoms with Gasteiger partial charge >= 0.3 is 6.36 Å². The fourth-order valence-electron chi connectivity index (χ4n) is 1.12. The molecular weight excluding hydrogens is 233 g/mol. The van der Waals surface area contributed by atoms with E-state index >= 15 is 0 Å². The summed E-state index contributed by atoms with van der Waals surface area (Å²) >= 11 is 0. The van der Waals surface area contributed by atoms with Crippen LogP contribution in [-0.2, 0) is 4.74 Å². The van der Waals surface area contributed by atoms with Crippen molar-refractivity contribution in [3.63, 3.8) is 0 Å². The summed E-state index contributed by atoms with van der Waals surface area (Å²) in [6.45, 7) is -0.663. The van der Waals surface area contributed by atoms with Gasteiger partial charge in [-0.1, -0.05) is 0 Å². The lowest BCUT2D eigenvalue weighted by Gasteiger charge is -2.31. The molecule has 0 spiro atoms. The Kier molecular flexibility index (Phi) is 4.54. The second-order valence-electron chi connectivity index (χ2n) is 2.78. The summed E-state index contributed by atoms with van der Waals surface area (Å²) in [5.41, 5.74) is 0. The first-order valence-electron chi connectivity index (χ1n) is 3.64. The minimum absolute atomic E-state index is 0. The second-order valence-corrected chi connectivity index (χ2v) is 2.78. The largest absolute Gasteiger partial charge is 0.522 e. The van der Waals surface area contributed by atoms with Crippen molar-refractivity contribution in [3.8, 4) is 0 Å². The summed E-state index contributed by atoms with van der Waals surface area (Å²) < 4.78 is 63.5. The molecule has 0 aromatic rings. The molecule has 1 rings (SSSR count). The monoisotopic (exact) mass is 241 g/mol. The Morgan fingerprint density at radius 3 is 2.29 bits per heavy atom. The van der Waals surface area contributed by atoms with Crippen LogP contribution in [0.4, 0.5) is 22.0 Å². The number of hydrogen-bond donors (Lipinski definition) is 1. The number of halogens is 6. The van der Waals surface area contributed by atoms with E-state index in [1.54, 1.807) is 0 Å². The Labute approximate surface area is 83.2 Å². The Morgan fingerprint density at radius 1 is 1.29 bits per heavy atom. The van der Waals surface area contributed by atoms with Gasteiger partial charge in [-0.3, -0.25) is 4.74 Å². The van der Waals surface area contributed by atoms with E-state index in [0.29, 0.717) is 0 Å². The molecule has 1 N–H and O–H groups in total. The molecule has 1 aliphatic rings. The maximum atomic E-state index is 12.7. The average Bonchev–Trinajstić information content (AvgIpc) is 1.91. The zero-order valence-electron chi connectivity index (χ0n) is 6.90. The first-order chi connectivity index (χ1) is 5.81. The first-order valence-corrected chi connectivity index (χ1v) is 3.64. The van der Waals surface area contributed by atoms with Crippen LogP contribution in [0.25, 0.3) is 0 Å². The van der Waals surface area contributed by atoms with Crippen LogP contribution in [0.1, 0.15) is 6.42 Å². The van der Waals surface area contributed by atoms with Crippen LogP contribution >= 0.6 is 12.4 Å². The molecule has 0 saturated carbocycles. The highest BCUT2D eigenvalue weighted by atomic mass is 35.5. The van der Waals surface area contributed by atoms with E-state index in [1.807, 2.05) is 0 Å². The van der Waals surface area contributed by atoms with Gasteiger partial charge in [0.15, 0.2) is 0 Å². The molecule has 0 amide bonds. The van der Waals surface area contributed by atoms with Crippen LogP contribution in [0.5, 0.6) is 0 Å². The van der Waals surface area contributed by atoms with Gasteiger partial charge in [-0.25, -0.2) is 8.78 Å². The molecule has 86 valence electrons. The Balaban J connectivity index is 0.00000169. The third-order valence-corrected chi connectivity index (χ3v) is 1.69. The molecule has 2 nitrogen and oxygen atoms in total. The highest BCUT2D eigenvalue weighted by Gasteiger charge is 2.48. The van der Waals surface area contributed by atoms with Crippen LogP contribution < -0.4 is 5.32 Å². The fraction of sp³-hybridized carbons (Fsp3) is 1.00. The molecule has 1 saturated heterocycles. The van der Waals surface area contributed by atoms with E-state index in [1.165, 1.54) is 0 Å². The second kappa shape index (κ2) is 4.59. The standard InChI is InChI=1S/C6H8F5NO.ClH/c7-5(8)3-12-2-1-4(5)13-6(9,10)11;/h4,12H,1-3H2;1H. The molecular formula is C6H9ClF5NO. The molecule has 14 heavy (non-hydrogen) atoms. The van der Waals surface area contributed by atoms with Crippen molar-refractivity contribution in [1.82, 2.24) is 5.32 Å². The number of hydrogen-bond acceptors (Lipinski definition) is 2. The molecule has 1 fully saturated rings. The minimum atomic E-state index is -4.99. The maximum Gasteiger partial charge on any atom is 0.522 e. The van der Waals surface area contributed by atoms with E-state index in [-0.39, 0.29) is 25.4 Å². The van der Waals surface area contributed by atoms with Crippen LogP contribution in [0, 0.1) is 0 Å². The van der Waals surface area contributed by atoms with Crippen molar-refractivity contribution in [2.45, 2.75) is 24.8 Å². The Bertz CT molecular complexity index is 186. The molecule has 0 aromatic carbocycles. The molecule has 0 aromatic heterocycles. The predicted octanol–water partition coefficient (Wildman–Crippen LogP) is 1.94. The van der Waals surface area contributed by atoms with Crippen LogP contribution in [-0.4, -0.2) is 31.5 Å².